The number of halogens is 2. The molecule has 3 rings (SSSR count). The number of amides is 1. The first kappa shape index (κ1) is 19.5. The minimum atomic E-state index is -2.86. The molecule has 0 bridgehead atoms. The minimum absolute atomic E-state index is 0.0608. The molecule has 0 fully saturated rings. The fraction of sp³-hybridized carbons (Fsp3) is 0.211. The normalized spacial score (nSPS) is 11.1. The van der Waals surface area contributed by atoms with Crippen LogP contribution in [-0.2, 0) is 17.9 Å². The number of benzene rings is 1. The van der Waals surface area contributed by atoms with Crippen molar-refractivity contribution in [1.29, 1.82) is 0 Å². The monoisotopic (exact) mass is 409 g/mol. The van der Waals surface area contributed by atoms with E-state index in [1.807, 2.05) is 22.9 Å². The van der Waals surface area contributed by atoms with E-state index in [4.69, 9.17) is 0 Å². The molecule has 3 aromatic rings. The van der Waals surface area contributed by atoms with Gasteiger partial charge in [0.1, 0.15) is 18.8 Å². The van der Waals surface area contributed by atoms with Crippen molar-refractivity contribution in [3.05, 3.63) is 69.0 Å². The van der Waals surface area contributed by atoms with Gasteiger partial charge in [-0.25, -0.2) is 0 Å². The zero-order valence-corrected chi connectivity index (χ0v) is 16.0. The van der Waals surface area contributed by atoms with E-state index < -0.39 is 6.61 Å². The van der Waals surface area contributed by atoms with Gasteiger partial charge in [0.05, 0.1) is 9.75 Å². The number of carbonyl (C=O) groups is 1. The molecule has 0 radical (unpaired) electrons. The molecule has 27 heavy (non-hydrogen) atoms. The second-order valence-corrected chi connectivity index (χ2v) is 7.95. The van der Waals surface area contributed by atoms with Crippen molar-refractivity contribution in [3.8, 4) is 5.75 Å². The Morgan fingerprint density at radius 1 is 1.00 bits per heavy atom. The first-order chi connectivity index (χ1) is 13.1. The van der Waals surface area contributed by atoms with E-state index in [1.165, 1.54) is 21.9 Å². The van der Waals surface area contributed by atoms with Gasteiger partial charge in [0.2, 0.25) is 0 Å². The molecule has 0 saturated heterocycles. The van der Waals surface area contributed by atoms with Gasteiger partial charge in [-0.05, 0) is 47.2 Å². The van der Waals surface area contributed by atoms with Crippen LogP contribution in [0.1, 0.15) is 9.75 Å². The molecule has 2 N–H and O–H groups in total. The molecule has 1 aromatic carbocycles. The average molecular weight is 410 g/mol. The fourth-order valence-corrected chi connectivity index (χ4v) is 4.21. The van der Waals surface area contributed by atoms with E-state index in [9.17, 15) is 13.6 Å². The summed E-state index contributed by atoms with van der Waals surface area (Å²) in [5.74, 6) is -0.0636. The summed E-state index contributed by atoms with van der Waals surface area (Å²) in [7, 11) is 0. The number of rotatable bonds is 9. The number of nitrogens with one attached hydrogen (secondary N) is 2. The molecule has 142 valence electrons. The lowest BCUT2D eigenvalue weighted by molar-refractivity contribution is -0.918. The van der Waals surface area contributed by atoms with Gasteiger partial charge >= 0.3 is 6.61 Å². The first-order valence-corrected chi connectivity index (χ1v) is 10.1. The maximum atomic E-state index is 12.5. The van der Waals surface area contributed by atoms with Crippen molar-refractivity contribution in [3.63, 3.8) is 0 Å². The van der Waals surface area contributed by atoms with E-state index in [0.717, 1.165) is 18.0 Å². The number of ether oxygens (including phenoxy) is 1. The molecule has 8 heteroatoms. The van der Waals surface area contributed by atoms with Gasteiger partial charge in [-0.15, -0.1) is 22.7 Å². The third-order valence-electron chi connectivity index (χ3n) is 3.78. The van der Waals surface area contributed by atoms with Gasteiger partial charge in [-0.1, -0.05) is 12.1 Å². The Morgan fingerprint density at radius 2 is 1.59 bits per heavy atom. The highest BCUT2D eigenvalue weighted by atomic mass is 32.1. The highest BCUT2D eigenvalue weighted by Crippen LogP contribution is 2.17. The highest BCUT2D eigenvalue weighted by molar-refractivity contribution is 7.10. The summed E-state index contributed by atoms with van der Waals surface area (Å²) in [6.45, 7) is -1.02. The van der Waals surface area contributed by atoms with Gasteiger partial charge in [0.15, 0.2) is 6.54 Å². The molecule has 0 aliphatic carbocycles. The molecule has 0 atom stereocenters. The van der Waals surface area contributed by atoms with E-state index >= 15 is 0 Å². The van der Waals surface area contributed by atoms with Gasteiger partial charge in [-0.2, -0.15) is 8.78 Å². The van der Waals surface area contributed by atoms with Crippen LogP contribution in [0.2, 0.25) is 0 Å². The Kier molecular flexibility index (Phi) is 6.92. The van der Waals surface area contributed by atoms with Gasteiger partial charge in [-0.3, -0.25) is 4.79 Å². The van der Waals surface area contributed by atoms with E-state index in [2.05, 4.69) is 22.2 Å². The van der Waals surface area contributed by atoms with Crippen LogP contribution in [0.25, 0.3) is 0 Å². The van der Waals surface area contributed by atoms with Crippen molar-refractivity contribution in [1.82, 2.24) is 0 Å². The number of alkyl halides is 2. The lowest BCUT2D eigenvalue weighted by Crippen LogP contribution is -3.10. The van der Waals surface area contributed by atoms with Crippen LogP contribution < -0.4 is 15.0 Å². The third-order valence-corrected chi connectivity index (χ3v) is 5.54. The molecule has 0 saturated carbocycles. The van der Waals surface area contributed by atoms with Gasteiger partial charge < -0.3 is 15.0 Å². The molecule has 2 aromatic heterocycles. The topological polar surface area (TPSA) is 42.8 Å². The zero-order valence-electron chi connectivity index (χ0n) is 14.4. The van der Waals surface area contributed by atoms with Crippen molar-refractivity contribution in [2.24, 2.45) is 0 Å². The SMILES string of the molecule is O=C(C[NH+](Cc1cccs1)Cc1cccs1)Nc1ccc(OC(F)F)cc1. The second kappa shape index (κ2) is 9.59. The summed E-state index contributed by atoms with van der Waals surface area (Å²) in [4.78, 5) is 16.1. The Labute approximate surface area is 164 Å². The van der Waals surface area contributed by atoms with Crippen molar-refractivity contribution < 1.29 is 23.2 Å². The van der Waals surface area contributed by atoms with Crippen LogP contribution in [0.4, 0.5) is 14.5 Å². The van der Waals surface area contributed by atoms with Crippen LogP contribution in [0, 0.1) is 0 Å². The quantitative estimate of drug-likeness (QED) is 0.567. The van der Waals surface area contributed by atoms with Crippen molar-refractivity contribution in [2.75, 3.05) is 11.9 Å². The summed E-state index contributed by atoms with van der Waals surface area (Å²) >= 11 is 3.35. The summed E-state index contributed by atoms with van der Waals surface area (Å²) in [5.41, 5.74) is 0.549. The number of anilines is 1. The Hall–Kier alpha value is -2.29. The Morgan fingerprint density at radius 3 is 2.07 bits per heavy atom. The van der Waals surface area contributed by atoms with E-state index in [1.54, 1.807) is 34.8 Å². The number of thiophene rings is 2. The average Bonchev–Trinajstić information content (AvgIpc) is 3.30. The van der Waals surface area contributed by atoms with Gasteiger partial charge in [0.25, 0.3) is 5.91 Å². The fourth-order valence-electron chi connectivity index (χ4n) is 2.66. The van der Waals surface area contributed by atoms with E-state index in [0.29, 0.717) is 12.2 Å². The Balaban J connectivity index is 1.59. The van der Waals surface area contributed by atoms with Crippen LogP contribution >= 0.6 is 22.7 Å². The standard InChI is InChI=1S/C19H18F2N2O2S2/c20-19(21)25-15-7-5-14(6-8-15)22-18(24)13-23(11-16-3-1-9-26-16)12-17-4-2-10-27-17/h1-10,19H,11-13H2,(H,22,24)/p+1. The van der Waals surface area contributed by atoms with Crippen LogP contribution in [0.5, 0.6) is 5.75 Å². The molecule has 0 spiro atoms. The lowest BCUT2D eigenvalue weighted by atomic mass is 10.3. The van der Waals surface area contributed by atoms with Crippen molar-refractivity contribution in [2.45, 2.75) is 19.7 Å². The molecular weight excluding hydrogens is 390 g/mol. The number of quaternary nitrogens is 1. The molecular formula is C19H19F2N2O2S2+. The molecule has 0 aliphatic rings. The Bertz CT molecular complexity index is 786. The highest BCUT2D eigenvalue weighted by Gasteiger charge is 2.17. The summed E-state index contributed by atoms with van der Waals surface area (Å²) in [6.07, 6.45) is 0. The van der Waals surface area contributed by atoms with Crippen LogP contribution in [-0.4, -0.2) is 19.1 Å². The second-order valence-electron chi connectivity index (χ2n) is 5.89. The third kappa shape index (κ3) is 6.42. The molecule has 0 aliphatic heterocycles. The number of hydrogen-bond donors (Lipinski definition) is 2. The minimum Gasteiger partial charge on any atom is -0.435 e. The summed E-state index contributed by atoms with van der Waals surface area (Å²) in [5, 5.41) is 6.87. The maximum absolute atomic E-state index is 12.5. The van der Waals surface area contributed by atoms with Crippen LogP contribution in [0.3, 0.4) is 0 Å². The summed E-state index contributed by atoms with van der Waals surface area (Å²) in [6, 6.07) is 14.1. The zero-order chi connectivity index (χ0) is 19.1. The van der Waals surface area contributed by atoms with Crippen LogP contribution in [0.15, 0.2) is 59.3 Å². The summed E-state index contributed by atoms with van der Waals surface area (Å²) < 4.78 is 28.7. The molecule has 2 heterocycles. The van der Waals surface area contributed by atoms with Gasteiger partial charge in [0, 0.05) is 5.69 Å². The predicted octanol–water partition coefficient (Wildman–Crippen LogP) is 3.63. The maximum Gasteiger partial charge on any atom is 0.387 e. The lowest BCUT2D eigenvalue weighted by Gasteiger charge is -2.18. The predicted molar refractivity (Wildman–Crippen MR) is 104 cm³/mol. The number of hydrogen-bond acceptors (Lipinski definition) is 4. The van der Waals surface area contributed by atoms with Crippen molar-refractivity contribution >= 4 is 34.3 Å². The molecule has 4 nitrogen and oxygen atoms in total. The largest absolute Gasteiger partial charge is 0.435 e. The number of carbonyl (C=O) groups excluding carboxylic acids is 1. The first-order valence-electron chi connectivity index (χ1n) is 8.31. The molecule has 1 amide bonds. The smallest absolute Gasteiger partial charge is 0.387 e. The van der Waals surface area contributed by atoms with E-state index in [-0.39, 0.29) is 11.7 Å². The molecule has 0 unspecified atom stereocenters.